The van der Waals surface area contributed by atoms with E-state index in [4.69, 9.17) is 4.74 Å². The van der Waals surface area contributed by atoms with E-state index in [1.54, 1.807) is 18.4 Å². The number of aryl methyl sites for hydroxylation is 1. The summed E-state index contributed by atoms with van der Waals surface area (Å²) in [7, 11) is 1.57. The Hall–Kier alpha value is -3.03. The van der Waals surface area contributed by atoms with Crippen LogP contribution in [0.25, 0.3) is 31.2 Å². The maximum atomic E-state index is 12.9. The van der Waals surface area contributed by atoms with E-state index < -0.39 is 0 Å². The van der Waals surface area contributed by atoms with Gasteiger partial charge in [-0.1, -0.05) is 35.6 Å². The molecule has 2 aromatic heterocycles. The molecule has 5 nitrogen and oxygen atoms in total. The highest BCUT2D eigenvalue weighted by atomic mass is 32.1. The number of hydrogen-bond donors (Lipinski definition) is 1. The fourth-order valence-corrected chi connectivity index (χ4v) is 5.12. The molecule has 0 radical (unpaired) electrons. The fraction of sp³-hybridized carbons (Fsp3) is 0.0952. The zero-order chi connectivity index (χ0) is 19.3. The lowest BCUT2D eigenvalue weighted by molar-refractivity contribution is 0.102. The number of methoxy groups -OCH3 is 1. The Kier molecular flexibility index (Phi) is 3.99. The molecule has 0 atom stereocenters. The average Bonchev–Trinajstić information content (AvgIpc) is 3.28. The van der Waals surface area contributed by atoms with Crippen molar-refractivity contribution in [2.24, 2.45) is 0 Å². The van der Waals surface area contributed by atoms with Crippen molar-refractivity contribution in [1.82, 2.24) is 9.97 Å². The number of ether oxygens (including phenoxy) is 1. The van der Waals surface area contributed by atoms with Crippen molar-refractivity contribution < 1.29 is 9.53 Å². The standard InChI is InChI=1S/C21H15N3O2S2/c1-11-22-18-17(27-11)8-7-15-19(18)28-21(23-15)24-20(25)14-9-12-5-3-4-6-13(12)10-16(14)26-2/h3-10H,1-2H3,(H,23,24,25). The van der Waals surface area contributed by atoms with Crippen LogP contribution in [-0.4, -0.2) is 23.0 Å². The van der Waals surface area contributed by atoms with Gasteiger partial charge in [0.05, 0.1) is 32.6 Å². The van der Waals surface area contributed by atoms with Crippen molar-refractivity contribution in [2.45, 2.75) is 6.92 Å². The number of thiazole rings is 2. The highest BCUT2D eigenvalue weighted by Crippen LogP contribution is 2.35. The van der Waals surface area contributed by atoms with Crippen LogP contribution in [0.2, 0.25) is 0 Å². The maximum absolute atomic E-state index is 12.9. The zero-order valence-corrected chi connectivity index (χ0v) is 16.8. The Bertz CT molecular complexity index is 1370. The van der Waals surface area contributed by atoms with E-state index in [2.05, 4.69) is 15.3 Å². The fourth-order valence-electron chi connectivity index (χ4n) is 3.27. The van der Waals surface area contributed by atoms with E-state index in [0.717, 1.165) is 36.2 Å². The molecule has 0 bridgehead atoms. The molecule has 0 saturated carbocycles. The van der Waals surface area contributed by atoms with Crippen molar-refractivity contribution in [3.8, 4) is 5.75 Å². The van der Waals surface area contributed by atoms with Crippen LogP contribution in [-0.2, 0) is 0 Å². The monoisotopic (exact) mass is 405 g/mol. The molecule has 3 aromatic carbocycles. The predicted molar refractivity (Wildman–Crippen MR) is 116 cm³/mol. The normalized spacial score (nSPS) is 11.4. The minimum absolute atomic E-state index is 0.243. The Morgan fingerprint density at radius 2 is 1.82 bits per heavy atom. The number of amides is 1. The predicted octanol–water partition coefficient (Wildman–Crippen LogP) is 5.63. The molecule has 5 aromatic rings. The topological polar surface area (TPSA) is 64.1 Å². The largest absolute Gasteiger partial charge is 0.496 e. The first-order valence-corrected chi connectivity index (χ1v) is 10.3. The first-order valence-electron chi connectivity index (χ1n) is 8.67. The van der Waals surface area contributed by atoms with Crippen LogP contribution in [0.4, 0.5) is 5.13 Å². The number of hydrogen-bond acceptors (Lipinski definition) is 6. The Morgan fingerprint density at radius 1 is 1.04 bits per heavy atom. The third-order valence-electron chi connectivity index (χ3n) is 4.55. The number of benzene rings is 3. The van der Waals surface area contributed by atoms with Crippen LogP contribution in [0, 0.1) is 6.92 Å². The van der Waals surface area contributed by atoms with Crippen LogP contribution in [0.1, 0.15) is 15.4 Å². The number of carbonyl (C=O) groups excluding carboxylic acids is 1. The molecular formula is C21H15N3O2S2. The highest BCUT2D eigenvalue weighted by molar-refractivity contribution is 7.24. The summed E-state index contributed by atoms with van der Waals surface area (Å²) >= 11 is 3.10. The summed E-state index contributed by atoms with van der Waals surface area (Å²) in [5.41, 5.74) is 2.26. The van der Waals surface area contributed by atoms with E-state index in [1.807, 2.05) is 55.5 Å². The maximum Gasteiger partial charge on any atom is 0.261 e. The summed E-state index contributed by atoms with van der Waals surface area (Å²) in [5.74, 6) is 0.294. The second-order valence-corrected chi connectivity index (χ2v) is 8.60. The summed E-state index contributed by atoms with van der Waals surface area (Å²) in [4.78, 5) is 22.1. The highest BCUT2D eigenvalue weighted by Gasteiger charge is 2.17. The molecule has 0 spiro atoms. The van der Waals surface area contributed by atoms with Gasteiger partial charge in [0.25, 0.3) is 5.91 Å². The molecule has 138 valence electrons. The van der Waals surface area contributed by atoms with Crippen LogP contribution < -0.4 is 10.1 Å². The van der Waals surface area contributed by atoms with E-state index in [-0.39, 0.29) is 5.91 Å². The Labute approximate surface area is 168 Å². The quantitative estimate of drug-likeness (QED) is 0.423. The van der Waals surface area contributed by atoms with Gasteiger partial charge in [-0.2, -0.15) is 0 Å². The molecule has 0 unspecified atom stereocenters. The number of fused-ring (bicyclic) bond motifs is 4. The van der Waals surface area contributed by atoms with Gasteiger partial charge in [-0.15, -0.1) is 11.3 Å². The Morgan fingerprint density at radius 3 is 2.61 bits per heavy atom. The van der Waals surface area contributed by atoms with Crippen LogP contribution in [0.3, 0.4) is 0 Å². The van der Waals surface area contributed by atoms with E-state index in [9.17, 15) is 4.79 Å². The van der Waals surface area contributed by atoms with E-state index >= 15 is 0 Å². The Balaban J connectivity index is 1.54. The van der Waals surface area contributed by atoms with Gasteiger partial charge in [-0.3, -0.25) is 10.1 Å². The van der Waals surface area contributed by atoms with Crippen molar-refractivity contribution >= 4 is 64.9 Å². The van der Waals surface area contributed by atoms with Crippen molar-refractivity contribution in [1.29, 1.82) is 0 Å². The molecule has 2 heterocycles. The zero-order valence-electron chi connectivity index (χ0n) is 15.1. The average molecular weight is 406 g/mol. The second-order valence-electron chi connectivity index (χ2n) is 6.37. The third kappa shape index (κ3) is 2.80. The summed E-state index contributed by atoms with van der Waals surface area (Å²) < 4.78 is 7.56. The van der Waals surface area contributed by atoms with Gasteiger partial charge in [0.15, 0.2) is 5.13 Å². The van der Waals surface area contributed by atoms with Crippen LogP contribution >= 0.6 is 22.7 Å². The SMILES string of the molecule is COc1cc2ccccc2cc1C(=O)Nc1nc2ccc3sc(C)nc3c2s1. The summed E-state index contributed by atoms with van der Waals surface area (Å²) in [6, 6.07) is 15.6. The molecule has 1 amide bonds. The number of aromatic nitrogens is 2. The minimum atomic E-state index is -0.243. The number of carbonyl (C=O) groups is 1. The lowest BCUT2D eigenvalue weighted by Crippen LogP contribution is -2.13. The van der Waals surface area contributed by atoms with E-state index in [1.165, 1.54) is 11.3 Å². The number of nitrogens with one attached hydrogen (secondary N) is 1. The molecule has 1 N–H and O–H groups in total. The lowest BCUT2D eigenvalue weighted by Gasteiger charge is -2.09. The van der Waals surface area contributed by atoms with Gasteiger partial charge in [0, 0.05) is 0 Å². The number of anilines is 1. The molecule has 0 aliphatic heterocycles. The smallest absolute Gasteiger partial charge is 0.261 e. The van der Waals surface area contributed by atoms with E-state index in [0.29, 0.717) is 16.4 Å². The van der Waals surface area contributed by atoms with Gasteiger partial charge >= 0.3 is 0 Å². The molecule has 0 fully saturated rings. The molecule has 0 saturated heterocycles. The summed E-state index contributed by atoms with van der Waals surface area (Å²) in [6.45, 7) is 1.99. The molecule has 0 aliphatic carbocycles. The minimum Gasteiger partial charge on any atom is -0.496 e. The lowest BCUT2D eigenvalue weighted by atomic mass is 10.1. The molecule has 7 heteroatoms. The van der Waals surface area contributed by atoms with Crippen LogP contribution in [0.5, 0.6) is 5.75 Å². The second kappa shape index (κ2) is 6.54. The summed E-state index contributed by atoms with van der Waals surface area (Å²) in [5, 5.41) is 6.50. The van der Waals surface area contributed by atoms with Gasteiger partial charge in [0.2, 0.25) is 0 Å². The van der Waals surface area contributed by atoms with Gasteiger partial charge in [0.1, 0.15) is 11.3 Å². The number of rotatable bonds is 3. The first-order chi connectivity index (χ1) is 13.6. The summed E-state index contributed by atoms with van der Waals surface area (Å²) in [6.07, 6.45) is 0. The van der Waals surface area contributed by atoms with Gasteiger partial charge < -0.3 is 4.74 Å². The van der Waals surface area contributed by atoms with Gasteiger partial charge in [-0.05, 0) is 42.0 Å². The van der Waals surface area contributed by atoms with Gasteiger partial charge in [-0.25, -0.2) is 9.97 Å². The third-order valence-corrected chi connectivity index (χ3v) is 6.48. The van der Waals surface area contributed by atoms with Crippen LogP contribution in [0.15, 0.2) is 48.5 Å². The van der Waals surface area contributed by atoms with Crippen molar-refractivity contribution in [3.63, 3.8) is 0 Å². The molecule has 28 heavy (non-hydrogen) atoms. The van der Waals surface area contributed by atoms with Crippen molar-refractivity contribution in [3.05, 3.63) is 59.1 Å². The number of nitrogens with zero attached hydrogens (tertiary/aromatic N) is 2. The molecular weight excluding hydrogens is 390 g/mol. The van der Waals surface area contributed by atoms with Crippen molar-refractivity contribution in [2.75, 3.05) is 12.4 Å². The molecule has 0 aliphatic rings. The first kappa shape index (κ1) is 17.1. The molecule has 5 rings (SSSR count).